The molecule has 0 spiro atoms. The fourth-order valence-corrected chi connectivity index (χ4v) is 2.45. The third kappa shape index (κ3) is 2.86. The Labute approximate surface area is 130 Å². The first-order valence-electron chi connectivity index (χ1n) is 6.31. The highest BCUT2D eigenvalue weighted by molar-refractivity contribution is 7.07. The smallest absolute Gasteiger partial charge is 0.254 e. The first-order valence-corrected chi connectivity index (χ1v) is 7.26. The lowest BCUT2D eigenvalue weighted by molar-refractivity contribution is 0.100. The van der Waals surface area contributed by atoms with Crippen LogP contribution in [0.2, 0.25) is 0 Å². The molecule has 0 aliphatic rings. The van der Waals surface area contributed by atoms with Gasteiger partial charge in [0.05, 0.1) is 11.2 Å². The highest BCUT2D eigenvalue weighted by atomic mass is 32.1. The van der Waals surface area contributed by atoms with Crippen molar-refractivity contribution >= 4 is 34.7 Å². The van der Waals surface area contributed by atoms with E-state index in [1.807, 2.05) is 29.6 Å². The number of nitrogens with one attached hydrogen (secondary N) is 1. The maximum Gasteiger partial charge on any atom is 0.254 e. The van der Waals surface area contributed by atoms with Gasteiger partial charge in [0.25, 0.3) is 5.91 Å². The van der Waals surface area contributed by atoms with Crippen LogP contribution in [0, 0.1) is 0 Å². The van der Waals surface area contributed by atoms with Crippen molar-refractivity contribution in [2.45, 2.75) is 0 Å². The average Bonchev–Trinajstić information content (AvgIpc) is 3.02. The topological polar surface area (TPSA) is 120 Å². The molecule has 0 bridgehead atoms. The summed E-state index contributed by atoms with van der Waals surface area (Å²) in [4.78, 5) is 23.4. The minimum atomic E-state index is -0.624. The van der Waals surface area contributed by atoms with Gasteiger partial charge in [0.2, 0.25) is 5.95 Å². The molecular weight excluding hydrogens is 300 g/mol. The van der Waals surface area contributed by atoms with E-state index < -0.39 is 5.91 Å². The molecule has 110 valence electrons. The summed E-state index contributed by atoms with van der Waals surface area (Å²) in [6, 6.07) is 7.56. The summed E-state index contributed by atoms with van der Waals surface area (Å²) in [5, 5.41) is 4.99. The van der Waals surface area contributed by atoms with Crippen molar-refractivity contribution in [1.29, 1.82) is 0 Å². The van der Waals surface area contributed by atoms with Crippen LogP contribution in [0.15, 0.2) is 41.4 Å². The van der Waals surface area contributed by atoms with Crippen molar-refractivity contribution in [2.75, 3.05) is 11.1 Å². The van der Waals surface area contributed by atoms with Gasteiger partial charge in [0.1, 0.15) is 11.4 Å². The fourth-order valence-electron chi connectivity index (χ4n) is 1.89. The number of nitrogens with zero attached hydrogens (tertiary/aromatic N) is 3. The van der Waals surface area contributed by atoms with Crippen LogP contribution < -0.4 is 16.8 Å². The van der Waals surface area contributed by atoms with Gasteiger partial charge in [-0.05, 0) is 12.1 Å². The summed E-state index contributed by atoms with van der Waals surface area (Å²) < 4.78 is 0. The molecule has 0 saturated carbocycles. The molecule has 1 aromatic carbocycles. The van der Waals surface area contributed by atoms with E-state index in [0.717, 1.165) is 16.9 Å². The third-order valence-electron chi connectivity index (χ3n) is 2.95. The molecule has 2 aromatic heterocycles. The van der Waals surface area contributed by atoms with E-state index in [2.05, 4.69) is 20.3 Å². The van der Waals surface area contributed by atoms with E-state index in [1.165, 1.54) is 17.5 Å². The highest BCUT2D eigenvalue weighted by Gasteiger charge is 2.11. The second kappa shape index (κ2) is 5.78. The van der Waals surface area contributed by atoms with E-state index in [0.29, 0.717) is 0 Å². The Morgan fingerprint density at radius 1 is 1.18 bits per heavy atom. The summed E-state index contributed by atoms with van der Waals surface area (Å²) in [6.07, 6.45) is 1.30. The molecule has 3 aromatic rings. The monoisotopic (exact) mass is 312 g/mol. The lowest BCUT2D eigenvalue weighted by atomic mass is 10.1. The summed E-state index contributed by atoms with van der Waals surface area (Å²) >= 11 is 1.54. The summed E-state index contributed by atoms with van der Waals surface area (Å²) in [5.74, 6) is -0.283. The molecule has 0 unspecified atom stereocenters. The molecule has 0 aliphatic carbocycles. The fraction of sp³-hybridized carbons (Fsp3) is 0. The van der Waals surface area contributed by atoms with Gasteiger partial charge < -0.3 is 16.8 Å². The van der Waals surface area contributed by atoms with Crippen LogP contribution in [0.4, 0.5) is 17.5 Å². The van der Waals surface area contributed by atoms with Crippen LogP contribution in [0.3, 0.4) is 0 Å². The zero-order valence-corrected chi connectivity index (χ0v) is 12.2. The summed E-state index contributed by atoms with van der Waals surface area (Å²) in [6.45, 7) is 0. The molecule has 0 aliphatic heterocycles. The molecule has 3 rings (SSSR count). The van der Waals surface area contributed by atoms with Gasteiger partial charge >= 0.3 is 0 Å². The minimum Gasteiger partial charge on any atom is -0.368 e. The van der Waals surface area contributed by atoms with Crippen LogP contribution in [-0.4, -0.2) is 20.9 Å². The Balaban J connectivity index is 1.87. The first-order chi connectivity index (χ1) is 10.6. The average molecular weight is 312 g/mol. The van der Waals surface area contributed by atoms with E-state index in [9.17, 15) is 4.79 Å². The number of thiazole rings is 1. The molecule has 1 amide bonds. The van der Waals surface area contributed by atoms with Crippen molar-refractivity contribution in [3.63, 3.8) is 0 Å². The Morgan fingerprint density at radius 2 is 1.95 bits per heavy atom. The number of nitrogens with two attached hydrogens (primary N) is 2. The largest absolute Gasteiger partial charge is 0.368 e. The molecule has 5 N–H and O–H groups in total. The number of anilines is 3. The van der Waals surface area contributed by atoms with Crippen LogP contribution in [-0.2, 0) is 0 Å². The predicted octanol–water partition coefficient (Wildman–Crippen LogP) is 2.02. The minimum absolute atomic E-state index is 0.0617. The molecule has 0 atom stereocenters. The second-order valence-corrected chi connectivity index (χ2v) is 5.15. The number of carbonyl (C=O) groups excluding carboxylic acids is 1. The maximum absolute atomic E-state index is 11.4. The summed E-state index contributed by atoms with van der Waals surface area (Å²) in [5.41, 5.74) is 15.5. The predicted molar refractivity (Wildman–Crippen MR) is 85.8 cm³/mol. The van der Waals surface area contributed by atoms with Gasteiger partial charge in [-0.3, -0.25) is 4.79 Å². The Hall–Kier alpha value is -3.00. The van der Waals surface area contributed by atoms with Crippen molar-refractivity contribution < 1.29 is 4.79 Å². The van der Waals surface area contributed by atoms with E-state index in [4.69, 9.17) is 11.5 Å². The number of nitrogen functional groups attached to an aromatic ring is 1. The number of amides is 1. The lowest BCUT2D eigenvalue weighted by Gasteiger charge is -2.09. The zero-order chi connectivity index (χ0) is 15.5. The van der Waals surface area contributed by atoms with E-state index in [1.54, 1.807) is 5.51 Å². The quantitative estimate of drug-likeness (QED) is 0.678. The third-order valence-corrected chi connectivity index (χ3v) is 3.54. The SMILES string of the molecule is NC(=O)c1cnc(N)nc1Nc1ccc(-c2cscn2)cc1. The van der Waals surface area contributed by atoms with Crippen LogP contribution >= 0.6 is 11.3 Å². The van der Waals surface area contributed by atoms with E-state index in [-0.39, 0.29) is 17.3 Å². The molecule has 0 fully saturated rings. The molecule has 0 saturated heterocycles. The molecule has 7 nitrogen and oxygen atoms in total. The van der Waals surface area contributed by atoms with Gasteiger partial charge in [-0.1, -0.05) is 12.1 Å². The van der Waals surface area contributed by atoms with Gasteiger partial charge in [-0.15, -0.1) is 11.3 Å². The van der Waals surface area contributed by atoms with Gasteiger partial charge in [0.15, 0.2) is 0 Å². The number of carbonyl (C=O) groups is 1. The normalized spacial score (nSPS) is 10.4. The first kappa shape index (κ1) is 14.0. The van der Waals surface area contributed by atoms with Gasteiger partial charge in [-0.25, -0.2) is 9.97 Å². The van der Waals surface area contributed by atoms with Crippen molar-refractivity contribution in [1.82, 2.24) is 15.0 Å². The molecular formula is C14H12N6OS. The second-order valence-electron chi connectivity index (χ2n) is 4.43. The zero-order valence-electron chi connectivity index (χ0n) is 11.4. The number of hydrogen-bond acceptors (Lipinski definition) is 7. The van der Waals surface area contributed by atoms with Crippen molar-refractivity contribution in [2.24, 2.45) is 5.73 Å². The molecule has 0 radical (unpaired) electrons. The number of rotatable bonds is 4. The van der Waals surface area contributed by atoms with Crippen molar-refractivity contribution in [3.8, 4) is 11.3 Å². The number of aromatic nitrogens is 3. The molecule has 2 heterocycles. The highest BCUT2D eigenvalue weighted by Crippen LogP contribution is 2.23. The van der Waals surface area contributed by atoms with Crippen molar-refractivity contribution in [3.05, 3.63) is 46.9 Å². The lowest BCUT2D eigenvalue weighted by Crippen LogP contribution is -2.15. The van der Waals surface area contributed by atoms with Crippen LogP contribution in [0.1, 0.15) is 10.4 Å². The standard InChI is InChI=1S/C14H12N6OS/c15-12(21)10-5-17-14(16)20-13(10)19-9-3-1-8(2-4-9)11-6-22-7-18-11/h1-7H,(H2,15,21)(H3,16,17,19,20). The molecule has 8 heteroatoms. The maximum atomic E-state index is 11.4. The molecule has 22 heavy (non-hydrogen) atoms. The number of primary amides is 1. The van der Waals surface area contributed by atoms with Crippen LogP contribution in [0.5, 0.6) is 0 Å². The Morgan fingerprint density at radius 3 is 2.59 bits per heavy atom. The number of benzene rings is 1. The van der Waals surface area contributed by atoms with Crippen LogP contribution in [0.25, 0.3) is 11.3 Å². The Kier molecular flexibility index (Phi) is 3.67. The van der Waals surface area contributed by atoms with E-state index >= 15 is 0 Å². The van der Waals surface area contributed by atoms with Gasteiger partial charge in [-0.2, -0.15) is 4.98 Å². The summed E-state index contributed by atoms with van der Waals surface area (Å²) in [7, 11) is 0. The van der Waals surface area contributed by atoms with Gasteiger partial charge in [0, 0.05) is 22.8 Å². The Bertz CT molecular complexity index is 801. The number of hydrogen-bond donors (Lipinski definition) is 3.